The van der Waals surface area contributed by atoms with Crippen LogP contribution in [-0.2, 0) is 16.1 Å². The van der Waals surface area contributed by atoms with Crippen molar-refractivity contribution in [3.05, 3.63) is 39.9 Å². The van der Waals surface area contributed by atoms with Crippen LogP contribution in [0.4, 0.5) is 5.69 Å². The SMILES string of the molecule is CCOC(=O)CN(CCN(CC)CC)Cc1ccc([N+](=O)[O-])cc1. The third-order valence-corrected chi connectivity index (χ3v) is 3.84. The van der Waals surface area contributed by atoms with E-state index in [1.165, 1.54) is 12.1 Å². The summed E-state index contributed by atoms with van der Waals surface area (Å²) in [6.45, 7) is 10.6. The van der Waals surface area contributed by atoms with E-state index in [0.29, 0.717) is 13.2 Å². The average Bonchev–Trinajstić information content (AvgIpc) is 2.56. The first-order chi connectivity index (χ1) is 11.5. The van der Waals surface area contributed by atoms with Gasteiger partial charge in [0.1, 0.15) is 0 Å². The van der Waals surface area contributed by atoms with Gasteiger partial charge in [0, 0.05) is 31.8 Å². The molecule has 7 nitrogen and oxygen atoms in total. The van der Waals surface area contributed by atoms with Gasteiger partial charge in [0.2, 0.25) is 0 Å². The summed E-state index contributed by atoms with van der Waals surface area (Å²) >= 11 is 0. The lowest BCUT2D eigenvalue weighted by molar-refractivity contribution is -0.384. The average molecular weight is 337 g/mol. The van der Waals surface area contributed by atoms with Gasteiger partial charge >= 0.3 is 5.97 Å². The second kappa shape index (κ2) is 10.7. The minimum Gasteiger partial charge on any atom is -0.465 e. The lowest BCUT2D eigenvalue weighted by Crippen LogP contribution is -2.38. The highest BCUT2D eigenvalue weighted by Gasteiger charge is 2.14. The highest BCUT2D eigenvalue weighted by atomic mass is 16.6. The molecule has 0 aromatic heterocycles. The molecule has 0 N–H and O–H groups in total. The number of nitrogens with zero attached hydrogens (tertiary/aromatic N) is 3. The van der Waals surface area contributed by atoms with Gasteiger partial charge in [-0.05, 0) is 25.6 Å². The first-order valence-corrected chi connectivity index (χ1v) is 8.33. The second-order valence-electron chi connectivity index (χ2n) is 5.47. The largest absolute Gasteiger partial charge is 0.465 e. The van der Waals surface area contributed by atoms with Gasteiger partial charge in [-0.3, -0.25) is 19.8 Å². The van der Waals surface area contributed by atoms with Gasteiger partial charge in [0.05, 0.1) is 18.1 Å². The molecular weight excluding hydrogens is 310 g/mol. The second-order valence-corrected chi connectivity index (χ2v) is 5.47. The van der Waals surface area contributed by atoms with Crippen LogP contribution in [0, 0.1) is 10.1 Å². The molecule has 0 heterocycles. The zero-order valence-electron chi connectivity index (χ0n) is 14.7. The van der Waals surface area contributed by atoms with Crippen molar-refractivity contribution in [3.8, 4) is 0 Å². The third-order valence-electron chi connectivity index (χ3n) is 3.84. The van der Waals surface area contributed by atoms with Crippen LogP contribution >= 0.6 is 0 Å². The summed E-state index contributed by atoms with van der Waals surface area (Å²) in [7, 11) is 0. The quantitative estimate of drug-likeness (QED) is 0.350. The third kappa shape index (κ3) is 7.06. The van der Waals surface area contributed by atoms with Crippen molar-refractivity contribution in [2.75, 3.05) is 39.3 Å². The molecule has 0 spiro atoms. The summed E-state index contributed by atoms with van der Waals surface area (Å²) in [6.07, 6.45) is 0. The maximum Gasteiger partial charge on any atom is 0.320 e. The van der Waals surface area contributed by atoms with Crippen molar-refractivity contribution in [1.29, 1.82) is 0 Å². The lowest BCUT2D eigenvalue weighted by atomic mass is 10.2. The lowest BCUT2D eigenvalue weighted by Gasteiger charge is -2.25. The van der Waals surface area contributed by atoms with E-state index in [0.717, 1.165) is 31.7 Å². The number of ether oxygens (including phenoxy) is 1. The van der Waals surface area contributed by atoms with Crippen LogP contribution in [0.5, 0.6) is 0 Å². The Labute approximate surface area is 143 Å². The van der Waals surface area contributed by atoms with Gasteiger partial charge in [-0.2, -0.15) is 0 Å². The standard InChI is InChI=1S/C17H27N3O4/c1-4-18(5-2)11-12-19(14-17(21)24-6-3)13-15-7-9-16(10-8-15)20(22)23/h7-10H,4-6,11-14H2,1-3H3. The van der Waals surface area contributed by atoms with E-state index in [-0.39, 0.29) is 18.2 Å². The van der Waals surface area contributed by atoms with E-state index in [1.807, 2.05) is 4.90 Å². The molecule has 0 aliphatic carbocycles. The summed E-state index contributed by atoms with van der Waals surface area (Å²) in [5.74, 6) is -0.251. The van der Waals surface area contributed by atoms with Crippen LogP contribution in [0.3, 0.4) is 0 Å². The summed E-state index contributed by atoms with van der Waals surface area (Å²) in [6, 6.07) is 6.44. The monoisotopic (exact) mass is 337 g/mol. The number of hydrogen-bond acceptors (Lipinski definition) is 6. The maximum absolute atomic E-state index is 11.8. The normalized spacial score (nSPS) is 11.0. The van der Waals surface area contributed by atoms with Crippen molar-refractivity contribution in [3.63, 3.8) is 0 Å². The van der Waals surface area contributed by atoms with Crippen LogP contribution in [0.1, 0.15) is 26.3 Å². The van der Waals surface area contributed by atoms with E-state index in [2.05, 4.69) is 18.7 Å². The molecule has 0 radical (unpaired) electrons. The Bertz CT molecular complexity index is 515. The smallest absolute Gasteiger partial charge is 0.320 e. The van der Waals surface area contributed by atoms with E-state index in [9.17, 15) is 14.9 Å². The number of likely N-dealkylation sites (N-methyl/N-ethyl adjacent to an activating group) is 1. The molecule has 134 valence electrons. The molecule has 7 heteroatoms. The van der Waals surface area contributed by atoms with Gasteiger partial charge in [-0.1, -0.05) is 26.0 Å². The Morgan fingerprint density at radius 3 is 2.17 bits per heavy atom. The minimum absolute atomic E-state index is 0.0684. The number of nitro benzene ring substituents is 1. The number of benzene rings is 1. The number of nitro groups is 1. The molecule has 1 aromatic rings. The van der Waals surface area contributed by atoms with Crippen molar-refractivity contribution >= 4 is 11.7 Å². The fourth-order valence-corrected chi connectivity index (χ4v) is 2.41. The molecule has 1 rings (SSSR count). The van der Waals surface area contributed by atoms with Gasteiger partial charge in [0.25, 0.3) is 5.69 Å². The number of rotatable bonds is 11. The fraction of sp³-hybridized carbons (Fsp3) is 0.588. The zero-order chi connectivity index (χ0) is 17.9. The number of non-ortho nitro benzene ring substituents is 1. The van der Waals surface area contributed by atoms with Gasteiger partial charge in [0.15, 0.2) is 0 Å². The molecule has 0 atom stereocenters. The van der Waals surface area contributed by atoms with E-state index < -0.39 is 4.92 Å². The molecular formula is C17H27N3O4. The fourth-order valence-electron chi connectivity index (χ4n) is 2.41. The van der Waals surface area contributed by atoms with Crippen molar-refractivity contribution < 1.29 is 14.5 Å². The first-order valence-electron chi connectivity index (χ1n) is 8.33. The maximum atomic E-state index is 11.8. The van der Waals surface area contributed by atoms with Crippen LogP contribution in [0.2, 0.25) is 0 Å². The van der Waals surface area contributed by atoms with E-state index >= 15 is 0 Å². The van der Waals surface area contributed by atoms with Crippen LogP contribution in [-0.4, -0.2) is 60.0 Å². The Morgan fingerprint density at radius 1 is 1.08 bits per heavy atom. The zero-order valence-corrected chi connectivity index (χ0v) is 14.7. The minimum atomic E-state index is -0.416. The highest BCUT2D eigenvalue weighted by molar-refractivity contribution is 5.71. The number of hydrogen-bond donors (Lipinski definition) is 0. The predicted octanol–water partition coefficient (Wildman–Crippen LogP) is 2.30. The number of carbonyl (C=O) groups is 1. The van der Waals surface area contributed by atoms with Crippen molar-refractivity contribution in [2.24, 2.45) is 0 Å². The van der Waals surface area contributed by atoms with Crippen molar-refractivity contribution in [2.45, 2.75) is 27.3 Å². The Morgan fingerprint density at radius 2 is 1.67 bits per heavy atom. The highest BCUT2D eigenvalue weighted by Crippen LogP contribution is 2.13. The summed E-state index contributed by atoms with van der Waals surface area (Å²) in [5, 5.41) is 10.7. The number of esters is 1. The number of carbonyl (C=O) groups excluding carboxylic acids is 1. The molecule has 24 heavy (non-hydrogen) atoms. The Hall–Kier alpha value is -1.99. The molecule has 0 saturated heterocycles. The molecule has 0 aliphatic heterocycles. The van der Waals surface area contributed by atoms with Gasteiger partial charge in [-0.25, -0.2) is 0 Å². The molecule has 0 aliphatic rings. The van der Waals surface area contributed by atoms with Gasteiger partial charge in [-0.15, -0.1) is 0 Å². The molecule has 0 amide bonds. The molecule has 0 saturated carbocycles. The van der Waals surface area contributed by atoms with Crippen LogP contribution in [0.15, 0.2) is 24.3 Å². The van der Waals surface area contributed by atoms with Gasteiger partial charge < -0.3 is 9.64 Å². The van der Waals surface area contributed by atoms with E-state index in [1.54, 1.807) is 19.1 Å². The molecule has 0 bridgehead atoms. The molecule has 0 fully saturated rings. The first kappa shape index (κ1) is 20.1. The van der Waals surface area contributed by atoms with Crippen LogP contribution in [0.25, 0.3) is 0 Å². The molecule has 0 unspecified atom stereocenters. The summed E-state index contributed by atoms with van der Waals surface area (Å²) in [5.41, 5.74) is 1.00. The predicted molar refractivity (Wildman–Crippen MR) is 92.8 cm³/mol. The van der Waals surface area contributed by atoms with E-state index in [4.69, 9.17) is 4.74 Å². The van der Waals surface area contributed by atoms with Crippen molar-refractivity contribution in [1.82, 2.24) is 9.80 Å². The summed E-state index contributed by atoms with van der Waals surface area (Å²) in [4.78, 5) is 26.4. The van der Waals surface area contributed by atoms with Crippen LogP contribution < -0.4 is 0 Å². The topological polar surface area (TPSA) is 75.9 Å². The Kier molecular flexibility index (Phi) is 8.96. The Balaban J connectivity index is 2.71. The summed E-state index contributed by atoms with van der Waals surface area (Å²) < 4.78 is 5.04. The molecule has 1 aromatic carbocycles.